The van der Waals surface area contributed by atoms with Gasteiger partial charge in [-0.05, 0) is 37.1 Å². The van der Waals surface area contributed by atoms with Gasteiger partial charge in [-0.2, -0.15) is 18.4 Å². The van der Waals surface area contributed by atoms with Crippen molar-refractivity contribution in [2.45, 2.75) is 25.6 Å². The van der Waals surface area contributed by atoms with Crippen molar-refractivity contribution in [3.8, 4) is 12.1 Å². The number of nitrogens with zero attached hydrogens (tertiary/aromatic N) is 3. The van der Waals surface area contributed by atoms with E-state index >= 15 is 0 Å². The molecule has 1 aromatic carbocycles. The van der Waals surface area contributed by atoms with Crippen molar-refractivity contribution in [2.24, 2.45) is 0 Å². The minimum absolute atomic E-state index is 0.0462. The third-order valence-corrected chi connectivity index (χ3v) is 3.93. The third kappa shape index (κ3) is 2.59. The fourth-order valence-electron chi connectivity index (χ4n) is 2.42. The normalized spacial score (nSPS) is 22.2. The molecule has 1 unspecified atom stereocenters. The molecule has 0 aromatic heterocycles. The highest BCUT2D eigenvalue weighted by Crippen LogP contribution is 2.46. The monoisotopic (exact) mass is 329 g/mol. The summed E-state index contributed by atoms with van der Waals surface area (Å²) in [6.45, 7) is 10.2. The van der Waals surface area contributed by atoms with Gasteiger partial charge in [0.25, 0.3) is 0 Å². The van der Waals surface area contributed by atoms with Crippen LogP contribution >= 0.6 is 0 Å². The highest BCUT2D eigenvalue weighted by molar-refractivity contribution is 5.57. The molecule has 24 heavy (non-hydrogen) atoms. The fourth-order valence-corrected chi connectivity index (χ4v) is 2.42. The molecule has 1 aliphatic heterocycles. The summed E-state index contributed by atoms with van der Waals surface area (Å²) in [5.74, 6) is -0.144. The first-order valence-corrected chi connectivity index (χ1v) is 6.69. The van der Waals surface area contributed by atoms with Gasteiger partial charge >= 0.3 is 11.9 Å². The molecule has 0 saturated heterocycles. The van der Waals surface area contributed by atoms with E-state index in [0.29, 0.717) is 11.1 Å². The summed E-state index contributed by atoms with van der Waals surface area (Å²) < 4.78 is 43.7. The lowest BCUT2D eigenvalue weighted by atomic mass is 9.87. The highest BCUT2D eigenvalue weighted by Gasteiger charge is 2.42. The molecule has 0 N–H and O–H groups in total. The van der Waals surface area contributed by atoms with Crippen molar-refractivity contribution in [1.29, 1.82) is 10.5 Å². The van der Waals surface area contributed by atoms with E-state index in [4.69, 9.17) is 16.6 Å². The van der Waals surface area contributed by atoms with Crippen LogP contribution in [0.5, 0.6) is 0 Å². The Kier molecular flexibility index (Phi) is 4.11. The summed E-state index contributed by atoms with van der Waals surface area (Å²) in [4.78, 5) is 3.04. The summed E-state index contributed by atoms with van der Waals surface area (Å²) in [7, 11) is 0. The molecular weight excluding hydrogens is 319 g/mol. The zero-order valence-electron chi connectivity index (χ0n) is 12.7. The Labute approximate surface area is 136 Å². The smallest absolute Gasteiger partial charge is 0.416 e. The Bertz CT molecular complexity index is 858. The van der Waals surface area contributed by atoms with Crippen molar-refractivity contribution < 1.29 is 17.9 Å². The minimum atomic E-state index is -4.46. The van der Waals surface area contributed by atoms with Gasteiger partial charge in [0.15, 0.2) is 11.4 Å². The number of hydrogen-bond donors (Lipinski definition) is 0. The van der Waals surface area contributed by atoms with Crippen LogP contribution in [0.4, 0.5) is 13.2 Å². The van der Waals surface area contributed by atoms with Gasteiger partial charge in [-0.1, -0.05) is 12.1 Å². The van der Waals surface area contributed by atoms with Crippen LogP contribution in [0.1, 0.15) is 25.0 Å². The van der Waals surface area contributed by atoms with Crippen LogP contribution < -0.4 is 0 Å². The molecule has 0 bridgehead atoms. The van der Waals surface area contributed by atoms with Gasteiger partial charge < -0.3 is 4.74 Å². The zero-order valence-corrected chi connectivity index (χ0v) is 12.7. The molecule has 1 aliphatic rings. The van der Waals surface area contributed by atoms with Gasteiger partial charge in [0.05, 0.1) is 23.8 Å². The van der Waals surface area contributed by atoms with E-state index in [9.17, 15) is 18.4 Å². The predicted molar refractivity (Wildman–Crippen MR) is 77.4 cm³/mol. The molecule has 0 spiro atoms. The Morgan fingerprint density at radius 3 is 2.25 bits per heavy atom. The zero-order chi connectivity index (χ0) is 18.1. The Hall–Kier alpha value is -3.24. The first-order valence-electron chi connectivity index (χ1n) is 6.69. The summed E-state index contributed by atoms with van der Waals surface area (Å²) in [6, 6.07) is 7.92. The number of ether oxygens (including phenoxy) is 1. The largest absolute Gasteiger partial charge is 0.487 e. The molecule has 0 saturated carbocycles. The molecule has 0 radical (unpaired) electrons. The first-order chi connectivity index (χ1) is 11.2. The summed E-state index contributed by atoms with van der Waals surface area (Å²) in [5.41, 5.74) is -1.54. The lowest BCUT2D eigenvalue weighted by Crippen LogP contribution is -2.23. The fraction of sp³-hybridized carbons (Fsp3) is 0.235. The molecule has 4 nitrogen and oxygen atoms in total. The molecule has 0 aliphatic carbocycles. The van der Waals surface area contributed by atoms with Crippen LogP contribution in [-0.4, -0.2) is 0 Å². The van der Waals surface area contributed by atoms with Gasteiger partial charge in [-0.3, -0.25) is 0 Å². The van der Waals surface area contributed by atoms with E-state index in [0.717, 1.165) is 12.1 Å². The Morgan fingerprint density at radius 2 is 1.83 bits per heavy atom. The third-order valence-electron chi connectivity index (χ3n) is 3.93. The molecule has 2 rings (SSSR count). The summed E-state index contributed by atoms with van der Waals surface area (Å²) >= 11 is 0. The maximum absolute atomic E-state index is 12.7. The van der Waals surface area contributed by atoms with Gasteiger partial charge in [-0.25, -0.2) is 10.1 Å². The van der Waals surface area contributed by atoms with Gasteiger partial charge in [0, 0.05) is 0 Å². The lowest BCUT2D eigenvalue weighted by Gasteiger charge is -2.27. The number of rotatable bonds is 1. The van der Waals surface area contributed by atoms with Crippen molar-refractivity contribution in [1.82, 2.24) is 0 Å². The van der Waals surface area contributed by atoms with Gasteiger partial charge in [0.1, 0.15) is 6.07 Å². The second-order valence-corrected chi connectivity index (χ2v) is 5.22. The molecule has 1 aromatic rings. The van der Waals surface area contributed by atoms with E-state index in [1.807, 2.05) is 6.07 Å². The molecule has 1 atom stereocenters. The van der Waals surface area contributed by atoms with E-state index in [1.165, 1.54) is 12.1 Å². The van der Waals surface area contributed by atoms with E-state index in [1.54, 1.807) is 19.9 Å². The van der Waals surface area contributed by atoms with Crippen LogP contribution in [0, 0.1) is 29.2 Å². The van der Waals surface area contributed by atoms with Crippen LogP contribution in [0.2, 0.25) is 0 Å². The standard InChI is InChI=1S/C17H10F3N3O/c1-10-13(8-21)15(14(9-22)23-3)24-16(10,2)11-4-6-12(7-5-11)17(18,19)20/h4-7H,1-2H3/b15-14-. The van der Waals surface area contributed by atoms with E-state index in [2.05, 4.69) is 4.85 Å². The van der Waals surface area contributed by atoms with Gasteiger partial charge in [0.2, 0.25) is 0 Å². The Morgan fingerprint density at radius 1 is 1.25 bits per heavy atom. The van der Waals surface area contributed by atoms with Gasteiger partial charge in [-0.15, -0.1) is 0 Å². The van der Waals surface area contributed by atoms with Crippen molar-refractivity contribution in [3.63, 3.8) is 0 Å². The highest BCUT2D eigenvalue weighted by atomic mass is 19.4. The van der Waals surface area contributed by atoms with Crippen molar-refractivity contribution >= 4 is 0 Å². The maximum atomic E-state index is 12.7. The number of benzene rings is 1. The predicted octanol–water partition coefficient (Wildman–Crippen LogP) is 4.45. The maximum Gasteiger partial charge on any atom is 0.416 e. The van der Waals surface area contributed by atoms with Crippen LogP contribution in [-0.2, 0) is 16.5 Å². The molecule has 0 amide bonds. The average molecular weight is 329 g/mol. The number of alkyl halides is 3. The second-order valence-electron chi connectivity index (χ2n) is 5.22. The van der Waals surface area contributed by atoms with Crippen LogP contribution in [0.15, 0.2) is 46.9 Å². The molecule has 120 valence electrons. The molecule has 1 heterocycles. The molecule has 7 heteroatoms. The average Bonchev–Trinajstić information content (AvgIpc) is 2.80. The lowest BCUT2D eigenvalue weighted by molar-refractivity contribution is -0.137. The molecular formula is C17H10F3N3O. The quantitative estimate of drug-likeness (QED) is 0.565. The number of nitriles is 2. The Balaban J connectivity index is 2.59. The van der Waals surface area contributed by atoms with E-state index < -0.39 is 17.3 Å². The van der Waals surface area contributed by atoms with Crippen LogP contribution in [0.25, 0.3) is 4.85 Å². The second kappa shape index (κ2) is 5.76. The van der Waals surface area contributed by atoms with Crippen LogP contribution in [0.3, 0.4) is 0 Å². The first kappa shape index (κ1) is 17.1. The topological polar surface area (TPSA) is 61.2 Å². The summed E-state index contributed by atoms with van der Waals surface area (Å²) in [6.07, 6.45) is -4.46. The van der Waals surface area contributed by atoms with Crippen molar-refractivity contribution in [3.05, 3.63) is 69.4 Å². The summed E-state index contributed by atoms with van der Waals surface area (Å²) in [5, 5.41) is 18.3. The number of allylic oxidation sites excluding steroid dienone is 2. The SMILES string of the molecule is [C-]#[N+]/C(C#N)=C1\OC(C)(c2ccc(C(F)(F)F)cc2)C(C)=C1C#N. The minimum Gasteiger partial charge on any atom is -0.487 e. The van der Waals surface area contributed by atoms with E-state index in [-0.39, 0.29) is 17.0 Å². The number of halogens is 3. The number of hydrogen-bond acceptors (Lipinski definition) is 3. The van der Waals surface area contributed by atoms with Crippen molar-refractivity contribution in [2.75, 3.05) is 0 Å². The molecule has 0 fully saturated rings.